The third-order valence-corrected chi connectivity index (χ3v) is 1.43. The van der Waals surface area contributed by atoms with Crippen LogP contribution < -0.4 is 0 Å². The summed E-state index contributed by atoms with van der Waals surface area (Å²) < 4.78 is 0. The van der Waals surface area contributed by atoms with Gasteiger partial charge in [-0.1, -0.05) is 20.8 Å². The molecule has 0 aliphatic carbocycles. The highest BCUT2D eigenvalue weighted by atomic mass is 16.2. The molecule has 1 heterocycles. The first kappa shape index (κ1) is 11.5. The zero-order valence-electron chi connectivity index (χ0n) is 7.94. The Bertz CT molecular complexity index is 271. The molecule has 0 atom stereocenters. The van der Waals surface area contributed by atoms with E-state index in [-0.39, 0.29) is 11.6 Å². The Kier molecular flexibility index (Phi) is 4.55. The molecule has 0 N–H and O–H groups in total. The lowest BCUT2D eigenvalue weighted by Gasteiger charge is -2.16. The van der Waals surface area contributed by atoms with Crippen LogP contribution in [0.2, 0.25) is 0 Å². The number of aromatic nitrogens is 2. The number of nitrogens with zero attached hydrogens (tertiary/aromatic N) is 2. The predicted octanol–water partition coefficient (Wildman–Crippen LogP) is 1.19. The summed E-state index contributed by atoms with van der Waals surface area (Å²) in [6.45, 7) is 6.43. The summed E-state index contributed by atoms with van der Waals surface area (Å²) in [7, 11) is 0. The van der Waals surface area contributed by atoms with Crippen LogP contribution in [0.1, 0.15) is 26.3 Å². The molecule has 0 fully saturated rings. The lowest BCUT2D eigenvalue weighted by molar-refractivity contribution is -0.191. The summed E-state index contributed by atoms with van der Waals surface area (Å²) in [6.07, 6.45) is 5.51. The maximum absolute atomic E-state index is 8.12. The molecule has 0 spiro atoms. The van der Waals surface area contributed by atoms with Crippen LogP contribution in [-0.4, -0.2) is 16.1 Å². The van der Waals surface area contributed by atoms with Crippen molar-refractivity contribution < 1.29 is 9.59 Å². The Morgan fingerprint density at radius 1 is 1.15 bits per heavy atom. The van der Waals surface area contributed by atoms with Gasteiger partial charge in [0.05, 0.1) is 0 Å². The van der Waals surface area contributed by atoms with E-state index < -0.39 is 0 Å². The van der Waals surface area contributed by atoms with E-state index in [0.717, 1.165) is 0 Å². The van der Waals surface area contributed by atoms with E-state index in [1.54, 1.807) is 6.33 Å². The van der Waals surface area contributed by atoms with Crippen molar-refractivity contribution in [2.24, 2.45) is 0 Å². The molecule has 4 nitrogen and oxygen atoms in total. The molecule has 0 radical (unpaired) electrons. The first-order chi connectivity index (χ1) is 6.02. The summed E-state index contributed by atoms with van der Waals surface area (Å²) in [5, 5.41) is 0. The SMILES string of the molecule is CC(C)(C)c1cncnc1.O=C=O. The minimum absolute atomic E-state index is 0.168. The van der Waals surface area contributed by atoms with E-state index in [2.05, 4.69) is 30.7 Å². The van der Waals surface area contributed by atoms with Crippen LogP contribution in [0.15, 0.2) is 18.7 Å². The molecule has 0 bridgehead atoms. The first-order valence-corrected chi connectivity index (χ1v) is 3.77. The van der Waals surface area contributed by atoms with E-state index in [4.69, 9.17) is 9.59 Å². The minimum Gasteiger partial charge on any atom is -0.245 e. The summed E-state index contributed by atoms with van der Waals surface area (Å²) in [5.41, 5.74) is 1.34. The van der Waals surface area contributed by atoms with E-state index in [1.807, 2.05) is 12.4 Å². The zero-order valence-corrected chi connectivity index (χ0v) is 7.94. The van der Waals surface area contributed by atoms with Gasteiger partial charge in [0.1, 0.15) is 6.33 Å². The molecule has 13 heavy (non-hydrogen) atoms. The number of hydrogen-bond acceptors (Lipinski definition) is 4. The van der Waals surface area contributed by atoms with Crippen molar-refractivity contribution in [3.8, 4) is 0 Å². The monoisotopic (exact) mass is 180 g/mol. The Morgan fingerprint density at radius 3 is 1.77 bits per heavy atom. The summed E-state index contributed by atoms with van der Waals surface area (Å²) in [5.74, 6) is 0. The fraction of sp³-hybridized carbons (Fsp3) is 0.444. The smallest absolute Gasteiger partial charge is 0.245 e. The molecule has 4 heteroatoms. The molecular weight excluding hydrogens is 168 g/mol. The molecule has 1 rings (SSSR count). The Balaban J connectivity index is 0.000000424. The van der Waals surface area contributed by atoms with Crippen molar-refractivity contribution in [1.82, 2.24) is 9.97 Å². The van der Waals surface area contributed by atoms with Gasteiger partial charge in [0.2, 0.25) is 0 Å². The van der Waals surface area contributed by atoms with E-state index in [0.29, 0.717) is 0 Å². The van der Waals surface area contributed by atoms with Gasteiger partial charge in [-0.15, -0.1) is 0 Å². The first-order valence-electron chi connectivity index (χ1n) is 3.77. The van der Waals surface area contributed by atoms with Crippen molar-refractivity contribution in [3.05, 3.63) is 24.3 Å². The maximum atomic E-state index is 8.12. The van der Waals surface area contributed by atoms with Crippen molar-refractivity contribution in [1.29, 1.82) is 0 Å². The minimum atomic E-state index is 0.168. The van der Waals surface area contributed by atoms with Crippen LogP contribution in [0.3, 0.4) is 0 Å². The van der Waals surface area contributed by atoms with Gasteiger partial charge in [-0.05, 0) is 11.0 Å². The molecule has 0 amide bonds. The lowest BCUT2D eigenvalue weighted by Crippen LogP contribution is -2.11. The highest BCUT2D eigenvalue weighted by Crippen LogP contribution is 2.19. The van der Waals surface area contributed by atoms with Crippen molar-refractivity contribution in [2.75, 3.05) is 0 Å². The van der Waals surface area contributed by atoms with Crippen LogP contribution in [0, 0.1) is 0 Å². The number of rotatable bonds is 0. The highest BCUT2D eigenvalue weighted by molar-refractivity contribution is 5.20. The van der Waals surface area contributed by atoms with Gasteiger partial charge in [0.25, 0.3) is 0 Å². The third-order valence-electron chi connectivity index (χ3n) is 1.43. The Hall–Kier alpha value is -1.54. The van der Waals surface area contributed by atoms with Gasteiger partial charge >= 0.3 is 6.15 Å². The quantitative estimate of drug-likeness (QED) is 0.601. The topological polar surface area (TPSA) is 59.9 Å². The fourth-order valence-electron chi connectivity index (χ4n) is 0.686. The average Bonchev–Trinajstić information content (AvgIpc) is 2.06. The van der Waals surface area contributed by atoms with Gasteiger partial charge in [0.15, 0.2) is 0 Å². The van der Waals surface area contributed by atoms with Gasteiger partial charge in [0, 0.05) is 12.4 Å². The second kappa shape index (κ2) is 5.17. The molecule has 70 valence electrons. The second-order valence-electron chi connectivity index (χ2n) is 3.46. The number of carbonyl (C=O) groups excluding carboxylic acids is 2. The standard InChI is InChI=1S/C8H12N2.CO2/c1-8(2,3)7-4-9-6-10-5-7;2-1-3/h4-6H,1-3H3;. The normalized spacial score (nSPS) is 9.46. The molecular formula is C9H12N2O2. The third kappa shape index (κ3) is 4.82. The maximum Gasteiger partial charge on any atom is 0.373 e. The van der Waals surface area contributed by atoms with Gasteiger partial charge in [-0.2, -0.15) is 9.59 Å². The molecule has 1 aromatic rings. The van der Waals surface area contributed by atoms with Crippen LogP contribution in [0.5, 0.6) is 0 Å². The highest BCUT2D eigenvalue weighted by Gasteiger charge is 2.12. The molecule has 0 aromatic carbocycles. The average molecular weight is 180 g/mol. The Morgan fingerprint density at radius 2 is 1.54 bits per heavy atom. The summed E-state index contributed by atoms with van der Waals surface area (Å²) in [6, 6.07) is 0. The largest absolute Gasteiger partial charge is 0.373 e. The van der Waals surface area contributed by atoms with Gasteiger partial charge in [-0.25, -0.2) is 9.97 Å². The molecule has 0 saturated heterocycles. The van der Waals surface area contributed by atoms with Crippen molar-refractivity contribution in [2.45, 2.75) is 26.2 Å². The van der Waals surface area contributed by atoms with Gasteiger partial charge in [-0.3, -0.25) is 0 Å². The molecule has 0 aliphatic rings. The molecule has 0 aliphatic heterocycles. The number of hydrogen-bond donors (Lipinski definition) is 0. The zero-order chi connectivity index (χ0) is 10.3. The van der Waals surface area contributed by atoms with Crippen LogP contribution in [0.4, 0.5) is 0 Å². The van der Waals surface area contributed by atoms with Crippen LogP contribution >= 0.6 is 0 Å². The summed E-state index contributed by atoms with van der Waals surface area (Å²) >= 11 is 0. The molecule has 0 saturated carbocycles. The lowest BCUT2D eigenvalue weighted by atomic mass is 9.89. The van der Waals surface area contributed by atoms with E-state index in [1.165, 1.54) is 5.56 Å². The van der Waals surface area contributed by atoms with E-state index >= 15 is 0 Å². The van der Waals surface area contributed by atoms with Crippen LogP contribution in [-0.2, 0) is 15.0 Å². The second-order valence-corrected chi connectivity index (χ2v) is 3.46. The summed E-state index contributed by atoms with van der Waals surface area (Å²) in [4.78, 5) is 24.1. The van der Waals surface area contributed by atoms with E-state index in [9.17, 15) is 0 Å². The molecule has 0 unspecified atom stereocenters. The van der Waals surface area contributed by atoms with Gasteiger partial charge < -0.3 is 0 Å². The predicted molar refractivity (Wildman–Crippen MR) is 45.7 cm³/mol. The fourth-order valence-corrected chi connectivity index (χ4v) is 0.686. The molecule has 1 aromatic heterocycles. The Labute approximate surface area is 77.0 Å². The van der Waals surface area contributed by atoms with Crippen molar-refractivity contribution in [3.63, 3.8) is 0 Å². The van der Waals surface area contributed by atoms with Crippen LogP contribution in [0.25, 0.3) is 0 Å². The van der Waals surface area contributed by atoms with Crippen molar-refractivity contribution >= 4 is 6.15 Å².